The van der Waals surface area contributed by atoms with E-state index in [1.54, 1.807) is 24.0 Å². The summed E-state index contributed by atoms with van der Waals surface area (Å²) in [5.74, 6) is 0.280. The summed E-state index contributed by atoms with van der Waals surface area (Å²) in [4.78, 5) is 17.9. The Morgan fingerprint density at radius 1 is 1.64 bits per heavy atom. The molecule has 1 rings (SSSR count). The van der Waals surface area contributed by atoms with Crippen molar-refractivity contribution >= 4 is 5.70 Å². The third-order valence-corrected chi connectivity index (χ3v) is 2.06. The molecule has 14 heavy (non-hydrogen) atoms. The van der Waals surface area contributed by atoms with Crippen molar-refractivity contribution in [3.63, 3.8) is 0 Å². The maximum Gasteiger partial charge on any atom is 0.291 e. The number of H-pyrrole nitrogens is 1. The van der Waals surface area contributed by atoms with Crippen LogP contribution in [0.5, 0.6) is 0 Å². The summed E-state index contributed by atoms with van der Waals surface area (Å²) in [7, 11) is 1.59. The zero-order valence-corrected chi connectivity index (χ0v) is 8.74. The Morgan fingerprint density at radius 2 is 2.29 bits per heavy atom. The second kappa shape index (κ2) is 4.09. The van der Waals surface area contributed by atoms with E-state index in [-0.39, 0.29) is 11.5 Å². The molecule has 4 nitrogen and oxygen atoms in total. The van der Waals surface area contributed by atoms with Crippen molar-refractivity contribution in [2.24, 2.45) is 10.9 Å². The van der Waals surface area contributed by atoms with Crippen LogP contribution in [0.25, 0.3) is 5.70 Å². The normalized spacial score (nSPS) is 12.1. The molecule has 0 radical (unpaired) electrons. The predicted octanol–water partition coefficient (Wildman–Crippen LogP) is 0.834. The lowest BCUT2D eigenvalue weighted by atomic mass is 10.1. The molecule has 0 aromatic carbocycles. The van der Waals surface area contributed by atoms with Gasteiger partial charge in [-0.05, 0) is 5.92 Å². The molecule has 1 heterocycles. The van der Waals surface area contributed by atoms with Crippen LogP contribution in [0.1, 0.15) is 13.8 Å². The highest BCUT2D eigenvalue weighted by Crippen LogP contribution is 2.09. The van der Waals surface area contributed by atoms with E-state index in [0.29, 0.717) is 5.49 Å². The molecule has 0 atom stereocenters. The van der Waals surface area contributed by atoms with Gasteiger partial charge in [0.2, 0.25) is 0 Å². The molecule has 0 bridgehead atoms. The van der Waals surface area contributed by atoms with Gasteiger partial charge in [-0.2, -0.15) is 0 Å². The summed E-state index contributed by atoms with van der Waals surface area (Å²) in [5.41, 5.74) is 1.04. The van der Waals surface area contributed by atoms with Crippen molar-refractivity contribution in [1.29, 1.82) is 0 Å². The molecule has 1 aromatic rings. The van der Waals surface area contributed by atoms with Crippen LogP contribution in [-0.2, 0) is 0 Å². The number of aromatic amines is 1. The number of hydrogen-bond acceptors (Lipinski definition) is 2. The zero-order valence-electron chi connectivity index (χ0n) is 8.74. The summed E-state index contributed by atoms with van der Waals surface area (Å²) in [6.45, 7) is 7.97. The first-order valence-electron chi connectivity index (χ1n) is 4.50. The van der Waals surface area contributed by atoms with E-state index in [1.807, 2.05) is 13.8 Å². The fraction of sp³-hybridized carbons (Fsp3) is 0.400. The average Bonchev–Trinajstić information content (AvgIpc) is 2.16. The first kappa shape index (κ1) is 10.5. The summed E-state index contributed by atoms with van der Waals surface area (Å²) < 4.78 is 1.71. The molecule has 4 heteroatoms. The molecule has 1 N–H and O–H groups in total. The molecule has 0 aliphatic rings. The Hall–Kier alpha value is -1.58. The van der Waals surface area contributed by atoms with Crippen LogP contribution in [0.15, 0.2) is 28.8 Å². The molecule has 0 aliphatic carbocycles. The van der Waals surface area contributed by atoms with Gasteiger partial charge < -0.3 is 9.55 Å². The zero-order chi connectivity index (χ0) is 10.7. The minimum atomic E-state index is -0.197. The van der Waals surface area contributed by atoms with Crippen LogP contribution in [0.3, 0.4) is 0 Å². The van der Waals surface area contributed by atoms with E-state index in [1.165, 1.54) is 0 Å². The second-order valence-corrected chi connectivity index (χ2v) is 3.35. The van der Waals surface area contributed by atoms with Gasteiger partial charge in [0, 0.05) is 25.1 Å². The van der Waals surface area contributed by atoms with E-state index < -0.39 is 0 Å². The largest absolute Gasteiger partial charge is 0.324 e. The van der Waals surface area contributed by atoms with Crippen LogP contribution in [0, 0.1) is 5.92 Å². The number of hydrogen-bond donors (Lipinski definition) is 1. The lowest BCUT2D eigenvalue weighted by molar-refractivity contribution is 0.759. The second-order valence-electron chi connectivity index (χ2n) is 3.35. The first-order chi connectivity index (χ1) is 6.57. The van der Waals surface area contributed by atoms with Gasteiger partial charge in [0.05, 0.1) is 0 Å². The van der Waals surface area contributed by atoms with Gasteiger partial charge in [-0.3, -0.25) is 9.79 Å². The highest BCUT2D eigenvalue weighted by atomic mass is 16.1. The quantitative estimate of drug-likeness (QED) is 0.743. The van der Waals surface area contributed by atoms with Crippen molar-refractivity contribution in [2.75, 3.05) is 7.05 Å². The van der Waals surface area contributed by atoms with Crippen LogP contribution in [0.2, 0.25) is 0 Å². The van der Waals surface area contributed by atoms with Gasteiger partial charge in [0.15, 0.2) is 5.49 Å². The summed E-state index contributed by atoms with van der Waals surface area (Å²) in [6.07, 6.45) is 3.34. The summed E-state index contributed by atoms with van der Waals surface area (Å²) >= 11 is 0. The highest BCUT2D eigenvalue weighted by molar-refractivity contribution is 5.42. The number of nitrogens with zero attached hydrogens (tertiary/aromatic N) is 2. The topological polar surface area (TPSA) is 50.1 Å². The lowest BCUT2D eigenvalue weighted by Gasteiger charge is -2.12. The molecule has 0 aliphatic heterocycles. The number of aromatic nitrogens is 2. The fourth-order valence-electron chi connectivity index (χ4n) is 1.15. The van der Waals surface area contributed by atoms with E-state index >= 15 is 0 Å². The summed E-state index contributed by atoms with van der Waals surface area (Å²) in [5, 5.41) is 0. The van der Waals surface area contributed by atoms with Gasteiger partial charge in [0.25, 0.3) is 5.56 Å². The van der Waals surface area contributed by atoms with Crippen LogP contribution < -0.4 is 11.0 Å². The predicted molar refractivity (Wildman–Crippen MR) is 56.7 cm³/mol. The SMILES string of the molecule is C=C(C(C)C)n1cc[nH]c(=O)c1=NC. The Morgan fingerprint density at radius 3 is 2.79 bits per heavy atom. The van der Waals surface area contributed by atoms with Crippen LogP contribution >= 0.6 is 0 Å². The minimum Gasteiger partial charge on any atom is -0.324 e. The van der Waals surface area contributed by atoms with E-state index in [2.05, 4.69) is 16.6 Å². The molecule has 0 amide bonds. The third-order valence-electron chi connectivity index (χ3n) is 2.06. The van der Waals surface area contributed by atoms with E-state index in [9.17, 15) is 4.79 Å². The standard InChI is InChI=1S/C10H15N3O/c1-7(2)8(3)13-6-5-12-10(14)9(13)11-4/h5-7H,3H2,1-2,4H3,(H,12,14). The highest BCUT2D eigenvalue weighted by Gasteiger charge is 2.04. The number of allylic oxidation sites excluding steroid dienone is 1. The molecule has 0 spiro atoms. The van der Waals surface area contributed by atoms with E-state index in [4.69, 9.17) is 0 Å². The van der Waals surface area contributed by atoms with Gasteiger partial charge in [-0.15, -0.1) is 0 Å². The lowest BCUT2D eigenvalue weighted by Crippen LogP contribution is -2.36. The molecular weight excluding hydrogens is 178 g/mol. The maximum atomic E-state index is 11.4. The van der Waals surface area contributed by atoms with Crippen LogP contribution in [0.4, 0.5) is 0 Å². The molecule has 76 valence electrons. The minimum absolute atomic E-state index is 0.197. The Kier molecular flexibility index (Phi) is 3.06. The molecular formula is C10H15N3O. The van der Waals surface area contributed by atoms with Crippen LogP contribution in [-0.4, -0.2) is 16.6 Å². The van der Waals surface area contributed by atoms with Gasteiger partial charge in [0.1, 0.15) is 0 Å². The Labute approximate surface area is 82.6 Å². The van der Waals surface area contributed by atoms with Crippen molar-refractivity contribution < 1.29 is 0 Å². The van der Waals surface area contributed by atoms with Crippen molar-refractivity contribution in [2.45, 2.75) is 13.8 Å². The third kappa shape index (κ3) is 1.84. The average molecular weight is 193 g/mol. The van der Waals surface area contributed by atoms with Crippen molar-refractivity contribution in [3.05, 3.63) is 34.8 Å². The van der Waals surface area contributed by atoms with Gasteiger partial charge in [-0.25, -0.2) is 0 Å². The molecule has 0 saturated heterocycles. The Bertz CT molecular complexity index is 451. The number of rotatable bonds is 2. The maximum absolute atomic E-state index is 11.4. The van der Waals surface area contributed by atoms with Crippen molar-refractivity contribution in [1.82, 2.24) is 9.55 Å². The van der Waals surface area contributed by atoms with Gasteiger partial charge >= 0.3 is 0 Å². The molecule has 0 unspecified atom stereocenters. The first-order valence-corrected chi connectivity index (χ1v) is 4.50. The Balaban J connectivity index is 3.44. The fourth-order valence-corrected chi connectivity index (χ4v) is 1.15. The smallest absolute Gasteiger partial charge is 0.291 e. The number of nitrogens with one attached hydrogen (secondary N) is 1. The van der Waals surface area contributed by atoms with Gasteiger partial charge in [-0.1, -0.05) is 20.4 Å². The molecule has 0 fully saturated rings. The van der Waals surface area contributed by atoms with E-state index in [0.717, 1.165) is 5.70 Å². The molecule has 1 aromatic heterocycles. The molecule has 0 saturated carbocycles. The van der Waals surface area contributed by atoms with Crippen molar-refractivity contribution in [3.8, 4) is 0 Å². The summed E-state index contributed by atoms with van der Waals surface area (Å²) in [6, 6.07) is 0. The monoisotopic (exact) mass is 193 g/mol.